The molecule has 0 amide bonds. The lowest BCUT2D eigenvalue weighted by Crippen LogP contribution is -2.30. The van der Waals surface area contributed by atoms with Crippen LogP contribution in [0.3, 0.4) is 0 Å². The second-order valence-corrected chi connectivity index (χ2v) is 5.49. The second-order valence-electron chi connectivity index (χ2n) is 4.63. The fourth-order valence-electron chi connectivity index (χ4n) is 2.24. The molecule has 1 fully saturated rings. The molecule has 0 saturated heterocycles. The first-order valence-corrected chi connectivity index (χ1v) is 6.22. The Labute approximate surface area is 99.4 Å². The molecule has 0 spiro atoms. The van der Waals surface area contributed by atoms with Crippen LogP contribution in [-0.2, 0) is 0 Å². The number of nitrogens with two attached hydrogens (primary N) is 1. The summed E-state index contributed by atoms with van der Waals surface area (Å²) in [5.74, 6) is 0. The molecule has 3 N–H and O–H groups in total. The van der Waals surface area contributed by atoms with Gasteiger partial charge in [-0.1, -0.05) is 12.8 Å². The number of anilines is 2. The van der Waals surface area contributed by atoms with Crippen molar-refractivity contribution in [2.24, 2.45) is 0 Å². The van der Waals surface area contributed by atoms with Crippen molar-refractivity contribution in [2.75, 3.05) is 11.1 Å². The van der Waals surface area contributed by atoms with Crippen molar-refractivity contribution in [3.8, 4) is 0 Å². The smallest absolute Gasteiger partial charge is 0.0490 e. The van der Waals surface area contributed by atoms with E-state index in [0.717, 1.165) is 15.8 Å². The van der Waals surface area contributed by atoms with E-state index in [1.807, 2.05) is 18.2 Å². The Morgan fingerprint density at radius 3 is 2.60 bits per heavy atom. The molecule has 0 bridgehead atoms. The van der Waals surface area contributed by atoms with Gasteiger partial charge in [0.05, 0.1) is 0 Å². The molecule has 0 radical (unpaired) electrons. The zero-order chi connectivity index (χ0) is 10.9. The van der Waals surface area contributed by atoms with E-state index in [0.29, 0.717) is 0 Å². The quantitative estimate of drug-likeness (QED) is 0.802. The molecule has 1 aliphatic rings. The van der Waals surface area contributed by atoms with Gasteiger partial charge in [0.15, 0.2) is 0 Å². The predicted molar refractivity (Wildman–Crippen MR) is 69.1 cm³/mol. The monoisotopic (exact) mass is 268 g/mol. The van der Waals surface area contributed by atoms with Crippen LogP contribution in [0.4, 0.5) is 11.4 Å². The maximum absolute atomic E-state index is 5.71. The first-order valence-electron chi connectivity index (χ1n) is 5.42. The van der Waals surface area contributed by atoms with Crippen molar-refractivity contribution in [3.63, 3.8) is 0 Å². The topological polar surface area (TPSA) is 38.0 Å². The fourth-order valence-corrected chi connectivity index (χ4v) is 2.73. The molecule has 3 heteroatoms. The normalized spacial score (nSPS) is 19.1. The van der Waals surface area contributed by atoms with Gasteiger partial charge in [0.1, 0.15) is 0 Å². The molecule has 0 aliphatic heterocycles. The van der Waals surface area contributed by atoms with Crippen LogP contribution in [0.15, 0.2) is 22.7 Å². The third kappa shape index (κ3) is 2.46. The van der Waals surface area contributed by atoms with Crippen LogP contribution in [0.5, 0.6) is 0 Å². The zero-order valence-corrected chi connectivity index (χ0v) is 10.6. The number of hydrogen-bond donors (Lipinski definition) is 2. The molecule has 1 aliphatic carbocycles. The summed E-state index contributed by atoms with van der Waals surface area (Å²) in [6, 6.07) is 5.93. The van der Waals surface area contributed by atoms with Gasteiger partial charge < -0.3 is 11.1 Å². The van der Waals surface area contributed by atoms with Crippen molar-refractivity contribution in [3.05, 3.63) is 22.7 Å². The van der Waals surface area contributed by atoms with Crippen LogP contribution in [0.2, 0.25) is 0 Å². The Hall–Kier alpha value is -0.700. The Balaban J connectivity index is 2.16. The third-order valence-corrected chi connectivity index (χ3v) is 3.79. The van der Waals surface area contributed by atoms with Gasteiger partial charge in [-0.2, -0.15) is 0 Å². The molecule has 0 unspecified atom stereocenters. The highest BCUT2D eigenvalue weighted by Gasteiger charge is 2.28. The van der Waals surface area contributed by atoms with Gasteiger partial charge in [0.25, 0.3) is 0 Å². The maximum atomic E-state index is 5.71. The van der Waals surface area contributed by atoms with E-state index >= 15 is 0 Å². The van der Waals surface area contributed by atoms with E-state index in [1.165, 1.54) is 25.7 Å². The highest BCUT2D eigenvalue weighted by molar-refractivity contribution is 9.10. The molecule has 1 aromatic rings. The SMILES string of the molecule is CC1(Nc2ccc(N)cc2Br)CCCC1. The van der Waals surface area contributed by atoms with Crippen LogP contribution < -0.4 is 11.1 Å². The highest BCUT2D eigenvalue weighted by atomic mass is 79.9. The molecular weight excluding hydrogens is 252 g/mol. The Bertz CT molecular complexity index is 357. The maximum Gasteiger partial charge on any atom is 0.0490 e. The number of nitrogen functional groups attached to an aromatic ring is 1. The largest absolute Gasteiger partial charge is 0.399 e. The van der Waals surface area contributed by atoms with Crippen molar-refractivity contribution in [1.29, 1.82) is 0 Å². The third-order valence-electron chi connectivity index (χ3n) is 3.14. The molecule has 0 heterocycles. The van der Waals surface area contributed by atoms with E-state index in [-0.39, 0.29) is 5.54 Å². The summed E-state index contributed by atoms with van der Waals surface area (Å²) in [6.45, 7) is 2.29. The molecule has 1 saturated carbocycles. The first kappa shape index (κ1) is 10.8. The lowest BCUT2D eigenvalue weighted by Gasteiger charge is -2.27. The van der Waals surface area contributed by atoms with Gasteiger partial charge in [-0.15, -0.1) is 0 Å². The van der Waals surface area contributed by atoms with E-state index in [4.69, 9.17) is 5.73 Å². The molecule has 15 heavy (non-hydrogen) atoms. The average Bonchev–Trinajstić information content (AvgIpc) is 2.58. The predicted octanol–water partition coefficient (Wildman–Crippen LogP) is 3.78. The fraction of sp³-hybridized carbons (Fsp3) is 0.500. The summed E-state index contributed by atoms with van der Waals surface area (Å²) in [4.78, 5) is 0. The van der Waals surface area contributed by atoms with E-state index < -0.39 is 0 Å². The van der Waals surface area contributed by atoms with Gasteiger partial charge >= 0.3 is 0 Å². The first-order chi connectivity index (χ1) is 7.09. The lowest BCUT2D eigenvalue weighted by molar-refractivity contribution is 0.533. The van der Waals surface area contributed by atoms with Gasteiger partial charge in [-0.05, 0) is 53.9 Å². The van der Waals surface area contributed by atoms with Crippen molar-refractivity contribution in [2.45, 2.75) is 38.1 Å². The minimum atomic E-state index is 0.263. The zero-order valence-electron chi connectivity index (χ0n) is 9.02. The molecule has 0 atom stereocenters. The molecule has 2 rings (SSSR count). The van der Waals surface area contributed by atoms with Gasteiger partial charge in [-0.3, -0.25) is 0 Å². The van der Waals surface area contributed by atoms with Crippen molar-refractivity contribution in [1.82, 2.24) is 0 Å². The number of benzene rings is 1. The second kappa shape index (κ2) is 4.05. The van der Waals surface area contributed by atoms with Crippen molar-refractivity contribution >= 4 is 27.3 Å². The summed E-state index contributed by atoms with van der Waals surface area (Å²) in [7, 11) is 0. The van der Waals surface area contributed by atoms with Crippen LogP contribution in [0.25, 0.3) is 0 Å². The van der Waals surface area contributed by atoms with E-state index in [2.05, 4.69) is 28.2 Å². The van der Waals surface area contributed by atoms with Gasteiger partial charge in [0, 0.05) is 21.4 Å². The van der Waals surface area contributed by atoms with E-state index in [1.54, 1.807) is 0 Å². The van der Waals surface area contributed by atoms with Crippen LogP contribution in [-0.4, -0.2) is 5.54 Å². The van der Waals surface area contributed by atoms with Crippen LogP contribution >= 0.6 is 15.9 Å². The standard InChI is InChI=1S/C12H17BrN2/c1-12(6-2-3-7-12)15-11-5-4-9(14)8-10(11)13/h4-5,8,15H,2-3,6-7,14H2,1H3. The Kier molecular flexibility index (Phi) is 2.91. The minimum absolute atomic E-state index is 0.263. The molecule has 82 valence electrons. The summed E-state index contributed by atoms with van der Waals surface area (Å²) in [5, 5.41) is 3.61. The Morgan fingerprint density at radius 2 is 2.00 bits per heavy atom. The number of hydrogen-bond acceptors (Lipinski definition) is 2. The van der Waals surface area contributed by atoms with Crippen LogP contribution in [0.1, 0.15) is 32.6 Å². The molecule has 0 aromatic heterocycles. The van der Waals surface area contributed by atoms with Gasteiger partial charge in [0.2, 0.25) is 0 Å². The number of rotatable bonds is 2. The number of nitrogens with one attached hydrogen (secondary N) is 1. The van der Waals surface area contributed by atoms with Crippen LogP contribution in [0, 0.1) is 0 Å². The summed E-state index contributed by atoms with van der Waals surface area (Å²) in [5.41, 5.74) is 7.92. The van der Waals surface area contributed by atoms with E-state index in [9.17, 15) is 0 Å². The molecule has 1 aromatic carbocycles. The minimum Gasteiger partial charge on any atom is -0.399 e. The Morgan fingerprint density at radius 1 is 1.33 bits per heavy atom. The van der Waals surface area contributed by atoms with Gasteiger partial charge in [-0.25, -0.2) is 0 Å². The summed E-state index contributed by atoms with van der Waals surface area (Å²) >= 11 is 3.54. The molecule has 2 nitrogen and oxygen atoms in total. The number of halogens is 1. The lowest BCUT2D eigenvalue weighted by atomic mass is 10.0. The highest BCUT2D eigenvalue weighted by Crippen LogP contribution is 2.35. The summed E-state index contributed by atoms with van der Waals surface area (Å²) < 4.78 is 1.05. The molecular formula is C12H17BrN2. The van der Waals surface area contributed by atoms with Crippen molar-refractivity contribution < 1.29 is 0 Å². The summed E-state index contributed by atoms with van der Waals surface area (Å²) in [6.07, 6.45) is 5.17. The average molecular weight is 269 g/mol.